The number of nitriles is 1. The molecule has 1 aromatic carbocycles. The number of aliphatic carboxylic acids is 1. The molecule has 6 nitrogen and oxygen atoms in total. The fourth-order valence-corrected chi connectivity index (χ4v) is 2.13. The second-order valence-corrected chi connectivity index (χ2v) is 4.31. The van der Waals surface area contributed by atoms with Gasteiger partial charge < -0.3 is 15.3 Å². The largest absolute Gasteiger partial charge is 0.480 e. The van der Waals surface area contributed by atoms with Crippen molar-refractivity contribution in [2.45, 2.75) is 18.9 Å². The summed E-state index contributed by atoms with van der Waals surface area (Å²) in [7, 11) is 0. The zero-order valence-electron chi connectivity index (χ0n) is 10.2. The highest BCUT2D eigenvalue weighted by atomic mass is 16.4. The van der Waals surface area contributed by atoms with Gasteiger partial charge in [0.25, 0.3) is 0 Å². The number of nitrogens with one attached hydrogen (secondary N) is 1. The lowest BCUT2D eigenvalue weighted by molar-refractivity contribution is -0.141. The van der Waals surface area contributed by atoms with E-state index in [1.165, 1.54) is 4.90 Å². The van der Waals surface area contributed by atoms with Crippen LogP contribution in [0.25, 0.3) is 0 Å². The Morgan fingerprint density at radius 2 is 2.26 bits per heavy atom. The highest BCUT2D eigenvalue weighted by molar-refractivity contribution is 5.92. The summed E-state index contributed by atoms with van der Waals surface area (Å²) in [6, 6.07) is 7.26. The molecule has 1 aliphatic heterocycles. The predicted octanol–water partition coefficient (Wildman–Crippen LogP) is 1.64. The fourth-order valence-electron chi connectivity index (χ4n) is 2.13. The van der Waals surface area contributed by atoms with Crippen LogP contribution in [0.3, 0.4) is 0 Å². The van der Waals surface area contributed by atoms with Crippen LogP contribution in [0.5, 0.6) is 0 Å². The summed E-state index contributed by atoms with van der Waals surface area (Å²) in [6.45, 7) is 0.431. The van der Waals surface area contributed by atoms with Crippen molar-refractivity contribution in [1.29, 1.82) is 5.26 Å². The summed E-state index contributed by atoms with van der Waals surface area (Å²) >= 11 is 0. The summed E-state index contributed by atoms with van der Waals surface area (Å²) in [5.41, 5.74) is 0.925. The molecule has 1 aromatic rings. The van der Waals surface area contributed by atoms with Gasteiger partial charge in [0.05, 0.1) is 11.6 Å². The summed E-state index contributed by atoms with van der Waals surface area (Å²) in [6.07, 6.45) is 1.16. The molecule has 1 atom stereocenters. The van der Waals surface area contributed by atoms with Crippen LogP contribution in [0.1, 0.15) is 18.4 Å². The number of amides is 2. The Hall–Kier alpha value is -2.55. The molecule has 0 bridgehead atoms. The van der Waals surface area contributed by atoms with Gasteiger partial charge in [-0.2, -0.15) is 5.26 Å². The van der Waals surface area contributed by atoms with E-state index in [0.29, 0.717) is 30.6 Å². The van der Waals surface area contributed by atoms with Crippen molar-refractivity contribution in [3.05, 3.63) is 29.8 Å². The van der Waals surface area contributed by atoms with E-state index in [1.54, 1.807) is 24.3 Å². The van der Waals surface area contributed by atoms with Gasteiger partial charge in [0.1, 0.15) is 6.04 Å². The van der Waals surface area contributed by atoms with Gasteiger partial charge in [-0.1, -0.05) is 6.07 Å². The normalized spacial score (nSPS) is 17.8. The highest BCUT2D eigenvalue weighted by Gasteiger charge is 2.33. The van der Waals surface area contributed by atoms with Gasteiger partial charge in [0.15, 0.2) is 0 Å². The number of likely N-dealkylation sites (tertiary alicyclic amines) is 1. The molecular formula is C13H13N3O3. The number of carboxylic acids is 1. The minimum atomic E-state index is -0.988. The van der Waals surface area contributed by atoms with Crippen LogP contribution in [0.4, 0.5) is 10.5 Å². The topological polar surface area (TPSA) is 93.4 Å². The zero-order chi connectivity index (χ0) is 13.8. The fraction of sp³-hybridized carbons (Fsp3) is 0.308. The van der Waals surface area contributed by atoms with Crippen molar-refractivity contribution < 1.29 is 14.7 Å². The number of hydrogen-bond donors (Lipinski definition) is 2. The molecule has 0 saturated carbocycles. The van der Waals surface area contributed by atoms with Gasteiger partial charge in [0, 0.05) is 12.2 Å². The van der Waals surface area contributed by atoms with Crippen LogP contribution in [-0.2, 0) is 4.79 Å². The molecule has 0 unspecified atom stereocenters. The molecule has 0 spiro atoms. The van der Waals surface area contributed by atoms with Gasteiger partial charge in [-0.05, 0) is 31.0 Å². The Labute approximate surface area is 110 Å². The van der Waals surface area contributed by atoms with Crippen molar-refractivity contribution in [3.8, 4) is 6.07 Å². The first-order chi connectivity index (χ1) is 9.11. The highest BCUT2D eigenvalue weighted by Crippen LogP contribution is 2.19. The van der Waals surface area contributed by atoms with Gasteiger partial charge in [-0.3, -0.25) is 0 Å². The molecule has 6 heteroatoms. The third-order valence-corrected chi connectivity index (χ3v) is 3.04. The SMILES string of the molecule is N#Cc1cccc(NC(=O)N2CCC[C@H]2C(=O)O)c1. The number of carbonyl (C=O) groups is 2. The van der Waals surface area contributed by atoms with Crippen molar-refractivity contribution in [2.24, 2.45) is 0 Å². The van der Waals surface area contributed by atoms with E-state index < -0.39 is 18.0 Å². The van der Waals surface area contributed by atoms with Gasteiger partial charge >= 0.3 is 12.0 Å². The van der Waals surface area contributed by atoms with Crippen LogP contribution in [0, 0.1) is 11.3 Å². The van der Waals surface area contributed by atoms with E-state index in [0.717, 1.165) is 0 Å². The minimum Gasteiger partial charge on any atom is -0.480 e. The predicted molar refractivity (Wildman–Crippen MR) is 67.5 cm³/mol. The van der Waals surface area contributed by atoms with E-state index in [2.05, 4.69) is 5.32 Å². The van der Waals surface area contributed by atoms with Crippen molar-refractivity contribution in [1.82, 2.24) is 4.90 Å². The zero-order valence-corrected chi connectivity index (χ0v) is 10.2. The first-order valence-corrected chi connectivity index (χ1v) is 5.92. The number of anilines is 1. The third-order valence-electron chi connectivity index (χ3n) is 3.04. The Morgan fingerprint density at radius 1 is 1.47 bits per heavy atom. The number of nitrogens with zero attached hydrogens (tertiary/aromatic N) is 2. The molecule has 19 heavy (non-hydrogen) atoms. The number of hydrogen-bond acceptors (Lipinski definition) is 3. The molecular weight excluding hydrogens is 246 g/mol. The molecule has 0 aromatic heterocycles. The third kappa shape index (κ3) is 2.83. The number of urea groups is 1. The van der Waals surface area contributed by atoms with Crippen molar-refractivity contribution in [3.63, 3.8) is 0 Å². The van der Waals surface area contributed by atoms with Crippen LogP contribution in [0.2, 0.25) is 0 Å². The maximum Gasteiger partial charge on any atom is 0.326 e. The van der Waals surface area contributed by atoms with Crippen molar-refractivity contribution >= 4 is 17.7 Å². The number of rotatable bonds is 2. The van der Waals surface area contributed by atoms with E-state index >= 15 is 0 Å². The quantitative estimate of drug-likeness (QED) is 0.844. The van der Waals surface area contributed by atoms with Crippen LogP contribution in [-0.4, -0.2) is 34.6 Å². The number of benzene rings is 1. The molecule has 2 amide bonds. The Bertz CT molecular complexity index is 550. The molecule has 2 rings (SSSR count). The lowest BCUT2D eigenvalue weighted by atomic mass is 10.2. The smallest absolute Gasteiger partial charge is 0.326 e. The van der Waals surface area contributed by atoms with E-state index in [-0.39, 0.29) is 0 Å². The van der Waals surface area contributed by atoms with Crippen LogP contribution in [0.15, 0.2) is 24.3 Å². The van der Waals surface area contributed by atoms with E-state index in [1.807, 2.05) is 6.07 Å². The Balaban J connectivity index is 2.08. The minimum absolute atomic E-state index is 0.431. The number of carbonyl (C=O) groups excluding carboxylic acids is 1. The summed E-state index contributed by atoms with van der Waals surface area (Å²) in [5.74, 6) is -0.988. The molecule has 1 saturated heterocycles. The van der Waals surface area contributed by atoms with Crippen LogP contribution < -0.4 is 5.32 Å². The van der Waals surface area contributed by atoms with Gasteiger partial charge in [-0.25, -0.2) is 9.59 Å². The molecule has 98 valence electrons. The molecule has 0 radical (unpaired) electrons. The first-order valence-electron chi connectivity index (χ1n) is 5.92. The summed E-state index contributed by atoms with van der Waals surface area (Å²) < 4.78 is 0. The first kappa shape index (κ1) is 12.9. The second-order valence-electron chi connectivity index (χ2n) is 4.31. The molecule has 0 aliphatic carbocycles. The van der Waals surface area contributed by atoms with Crippen molar-refractivity contribution in [2.75, 3.05) is 11.9 Å². The molecule has 1 aliphatic rings. The Kier molecular flexibility index (Phi) is 3.66. The summed E-state index contributed by atoms with van der Waals surface area (Å²) in [5, 5.41) is 20.4. The molecule has 1 heterocycles. The Morgan fingerprint density at radius 3 is 2.95 bits per heavy atom. The number of carboxylic acid groups (broad SMARTS) is 1. The lowest BCUT2D eigenvalue weighted by Crippen LogP contribution is -2.42. The standard InChI is InChI=1S/C13H13N3O3/c14-8-9-3-1-4-10(7-9)15-13(19)16-6-2-5-11(16)12(17)18/h1,3-4,7,11H,2,5-6H2,(H,15,19)(H,17,18)/t11-/m0/s1. The average Bonchev–Trinajstić information content (AvgIpc) is 2.88. The lowest BCUT2D eigenvalue weighted by Gasteiger charge is -2.21. The van der Waals surface area contributed by atoms with E-state index in [4.69, 9.17) is 10.4 Å². The van der Waals surface area contributed by atoms with Gasteiger partial charge in [0.2, 0.25) is 0 Å². The maximum absolute atomic E-state index is 12.0. The van der Waals surface area contributed by atoms with Gasteiger partial charge in [-0.15, -0.1) is 0 Å². The summed E-state index contributed by atoms with van der Waals surface area (Å²) in [4.78, 5) is 24.3. The van der Waals surface area contributed by atoms with Crippen LogP contribution >= 0.6 is 0 Å². The maximum atomic E-state index is 12.0. The average molecular weight is 259 g/mol. The monoisotopic (exact) mass is 259 g/mol. The second kappa shape index (κ2) is 5.40. The molecule has 2 N–H and O–H groups in total. The molecule has 1 fully saturated rings. The van der Waals surface area contributed by atoms with E-state index in [9.17, 15) is 9.59 Å².